The van der Waals surface area contributed by atoms with Gasteiger partial charge in [-0.2, -0.15) is 0 Å². The Hall–Kier alpha value is 0.788. The zero-order valence-electron chi connectivity index (χ0n) is 22.3. The highest BCUT2D eigenvalue weighted by atomic mass is 29.6. The standard InChI is InChI=1S/C24H53NOSi4/c1-12-25(13-2)30(28(6,7)8,29(9,10)11)23(26-27(3,4)5)24-17-20-14-21(18-24)16-22(15-20)19-24/h20-23H,12-19H2,1-11H3. The molecule has 4 saturated carbocycles. The van der Waals surface area contributed by atoms with E-state index >= 15 is 0 Å². The second kappa shape index (κ2) is 8.22. The van der Waals surface area contributed by atoms with Crippen molar-refractivity contribution in [2.45, 2.75) is 117 Å². The van der Waals surface area contributed by atoms with Crippen LogP contribution in [0.2, 0.25) is 58.9 Å². The summed E-state index contributed by atoms with van der Waals surface area (Å²) in [5, 5.41) is 0. The highest BCUT2D eigenvalue weighted by Gasteiger charge is 2.69. The smallest absolute Gasteiger partial charge is 0.183 e. The molecule has 0 aliphatic heterocycles. The molecule has 4 aliphatic carbocycles. The lowest BCUT2D eigenvalue weighted by atomic mass is 9.50. The summed E-state index contributed by atoms with van der Waals surface area (Å²) < 4.78 is 10.7. The molecule has 0 heterocycles. The van der Waals surface area contributed by atoms with E-state index in [0.29, 0.717) is 11.1 Å². The maximum absolute atomic E-state index is 7.65. The number of hydrogen-bond acceptors (Lipinski definition) is 2. The van der Waals surface area contributed by atoms with Crippen LogP contribution in [-0.2, 0) is 4.43 Å². The van der Waals surface area contributed by atoms with Crippen LogP contribution in [-0.4, -0.2) is 54.2 Å². The van der Waals surface area contributed by atoms with Crippen molar-refractivity contribution in [3.63, 3.8) is 0 Å². The van der Waals surface area contributed by atoms with Crippen LogP contribution in [0.15, 0.2) is 0 Å². The Morgan fingerprint density at radius 3 is 1.37 bits per heavy atom. The predicted octanol–water partition coefficient (Wildman–Crippen LogP) is 7.08. The van der Waals surface area contributed by atoms with Crippen LogP contribution in [0.4, 0.5) is 0 Å². The molecule has 0 aromatic carbocycles. The van der Waals surface area contributed by atoms with E-state index in [4.69, 9.17) is 4.43 Å². The Kier molecular flexibility index (Phi) is 6.97. The Bertz CT molecular complexity index is 563. The lowest BCUT2D eigenvalue weighted by Crippen LogP contribution is -2.88. The lowest BCUT2D eigenvalue weighted by Gasteiger charge is -2.68. The largest absolute Gasteiger partial charge is 0.416 e. The minimum absolute atomic E-state index is 0.504. The van der Waals surface area contributed by atoms with Crippen LogP contribution in [0.25, 0.3) is 0 Å². The second-order valence-electron chi connectivity index (χ2n) is 14.3. The summed E-state index contributed by atoms with van der Waals surface area (Å²) in [6.45, 7) is 31.3. The molecule has 1 atom stereocenters. The third-order valence-electron chi connectivity index (χ3n) is 9.04. The van der Waals surface area contributed by atoms with E-state index in [0.717, 1.165) is 17.8 Å². The van der Waals surface area contributed by atoms with Gasteiger partial charge >= 0.3 is 0 Å². The zero-order chi connectivity index (χ0) is 22.8. The van der Waals surface area contributed by atoms with E-state index in [1.54, 1.807) is 0 Å². The molecule has 30 heavy (non-hydrogen) atoms. The highest BCUT2D eigenvalue weighted by Crippen LogP contribution is 2.64. The molecule has 4 aliphatic rings. The van der Waals surface area contributed by atoms with Crippen molar-refractivity contribution in [1.82, 2.24) is 4.57 Å². The Morgan fingerprint density at radius 1 is 0.733 bits per heavy atom. The van der Waals surface area contributed by atoms with Crippen molar-refractivity contribution >= 4 is 30.8 Å². The fourth-order valence-electron chi connectivity index (χ4n) is 9.25. The molecule has 1 unspecified atom stereocenters. The third-order valence-corrected chi connectivity index (χ3v) is 48.6. The van der Waals surface area contributed by atoms with Crippen LogP contribution in [0.5, 0.6) is 0 Å². The van der Waals surface area contributed by atoms with E-state index in [1.165, 1.54) is 51.6 Å². The molecule has 0 spiro atoms. The van der Waals surface area contributed by atoms with Crippen molar-refractivity contribution in [2.24, 2.45) is 23.2 Å². The normalized spacial score (nSPS) is 33.4. The van der Waals surface area contributed by atoms with Gasteiger partial charge in [-0.15, -0.1) is 0 Å². The molecule has 4 fully saturated rings. The van der Waals surface area contributed by atoms with Crippen molar-refractivity contribution in [2.75, 3.05) is 13.1 Å². The highest BCUT2D eigenvalue weighted by molar-refractivity contribution is 7.68. The number of hydrogen-bond donors (Lipinski definition) is 0. The summed E-state index contributed by atoms with van der Waals surface area (Å²) in [6.07, 6.45) is 9.12. The van der Waals surface area contributed by atoms with E-state index in [1.807, 2.05) is 0 Å². The van der Waals surface area contributed by atoms with Crippen LogP contribution >= 0.6 is 0 Å². The second-order valence-corrected chi connectivity index (χ2v) is 45.6. The van der Waals surface area contributed by atoms with Gasteiger partial charge in [0, 0.05) is 0 Å². The molecule has 0 aromatic rings. The Morgan fingerprint density at radius 2 is 1.10 bits per heavy atom. The van der Waals surface area contributed by atoms with Gasteiger partial charge in [0.15, 0.2) is 8.32 Å². The average molecular weight is 484 g/mol. The first-order valence-corrected chi connectivity index (χ1v) is 27.5. The van der Waals surface area contributed by atoms with Crippen LogP contribution in [0, 0.1) is 23.2 Å². The molecule has 0 N–H and O–H groups in total. The molecular formula is C24H53NOSi4. The molecule has 176 valence electrons. The molecule has 6 heteroatoms. The van der Waals surface area contributed by atoms with Gasteiger partial charge in [-0.05, 0) is 94.4 Å². The Balaban J connectivity index is 2.26. The summed E-state index contributed by atoms with van der Waals surface area (Å²) >= 11 is 0. The van der Waals surface area contributed by atoms with Crippen molar-refractivity contribution < 1.29 is 4.43 Å². The minimum atomic E-state index is -1.83. The lowest BCUT2D eigenvalue weighted by molar-refractivity contribution is -0.0931. The van der Waals surface area contributed by atoms with E-state index in [2.05, 4.69) is 77.3 Å². The summed E-state index contributed by atoms with van der Waals surface area (Å²) in [4.78, 5) is 0. The molecule has 4 bridgehead atoms. The summed E-state index contributed by atoms with van der Waals surface area (Å²) in [5.74, 6) is 3.03. The average Bonchev–Trinajstić information content (AvgIpc) is 2.53. The van der Waals surface area contributed by atoms with Gasteiger partial charge in [-0.3, -0.25) is 0 Å². The van der Waals surface area contributed by atoms with Gasteiger partial charge in [0.05, 0.1) is 20.9 Å². The van der Waals surface area contributed by atoms with Gasteiger partial charge in [0.2, 0.25) is 0 Å². The van der Waals surface area contributed by atoms with E-state index in [-0.39, 0.29) is 0 Å². The van der Waals surface area contributed by atoms with E-state index < -0.39 is 30.8 Å². The first kappa shape index (κ1) is 25.4. The van der Waals surface area contributed by atoms with Gasteiger partial charge in [0.1, 0.15) is 7.27 Å². The number of nitrogens with zero attached hydrogens (tertiary/aromatic N) is 1. The van der Waals surface area contributed by atoms with Gasteiger partial charge < -0.3 is 8.99 Å². The maximum atomic E-state index is 7.65. The Labute approximate surface area is 192 Å². The monoisotopic (exact) mass is 483 g/mol. The fraction of sp³-hybridized carbons (Fsp3) is 1.00. The summed E-state index contributed by atoms with van der Waals surface area (Å²) in [5.41, 5.74) is 1.09. The molecule has 0 aromatic heterocycles. The predicted molar refractivity (Wildman–Crippen MR) is 144 cm³/mol. The quantitative estimate of drug-likeness (QED) is 0.325. The van der Waals surface area contributed by atoms with Crippen LogP contribution in [0.3, 0.4) is 0 Å². The maximum Gasteiger partial charge on any atom is 0.183 e. The first-order valence-electron chi connectivity index (χ1n) is 13.0. The summed E-state index contributed by atoms with van der Waals surface area (Å²) in [6, 6.07) is 0. The van der Waals surface area contributed by atoms with Crippen molar-refractivity contribution in [3.05, 3.63) is 0 Å². The SMILES string of the molecule is CCN(CC)[Si](C(O[Si](C)(C)C)C12CC3CC(CC(C3)C1)C2)([Si](C)(C)C)[Si](C)(C)C. The summed E-state index contributed by atoms with van der Waals surface area (Å²) in [7, 11) is -6.43. The fourth-order valence-corrected chi connectivity index (χ4v) is 62.5. The molecule has 0 saturated heterocycles. The van der Waals surface area contributed by atoms with Crippen LogP contribution < -0.4 is 0 Å². The van der Waals surface area contributed by atoms with Crippen molar-refractivity contribution in [3.8, 4) is 0 Å². The van der Waals surface area contributed by atoms with E-state index in [9.17, 15) is 0 Å². The first-order chi connectivity index (χ1) is 13.6. The van der Waals surface area contributed by atoms with Gasteiger partial charge in [-0.25, -0.2) is 0 Å². The van der Waals surface area contributed by atoms with Gasteiger partial charge in [-0.1, -0.05) is 53.1 Å². The van der Waals surface area contributed by atoms with Gasteiger partial charge in [0.25, 0.3) is 0 Å². The van der Waals surface area contributed by atoms with Crippen molar-refractivity contribution in [1.29, 1.82) is 0 Å². The number of rotatable bonds is 9. The molecule has 0 radical (unpaired) electrons. The molecule has 2 nitrogen and oxygen atoms in total. The third kappa shape index (κ3) is 4.20. The topological polar surface area (TPSA) is 12.5 Å². The molecule has 4 rings (SSSR count). The zero-order valence-corrected chi connectivity index (χ0v) is 26.3. The molecule has 0 amide bonds. The molecular weight excluding hydrogens is 431 g/mol. The minimum Gasteiger partial charge on any atom is -0.416 e. The van der Waals surface area contributed by atoms with Crippen LogP contribution in [0.1, 0.15) is 52.4 Å².